The van der Waals surface area contributed by atoms with Gasteiger partial charge in [-0.3, -0.25) is 14.4 Å². The number of amides is 4. The Hall–Kier alpha value is -4.02. The summed E-state index contributed by atoms with van der Waals surface area (Å²) in [6.45, 7) is 12.1. The summed E-state index contributed by atoms with van der Waals surface area (Å²) in [7, 11) is 0. The van der Waals surface area contributed by atoms with E-state index in [0.29, 0.717) is 18.2 Å². The van der Waals surface area contributed by atoms with Crippen molar-refractivity contribution in [1.82, 2.24) is 20.1 Å². The maximum absolute atomic E-state index is 12.6. The summed E-state index contributed by atoms with van der Waals surface area (Å²) in [5.74, 6) is -1.69. The predicted octanol–water partition coefficient (Wildman–Crippen LogP) is 4.94. The third kappa shape index (κ3) is 12.6. The van der Waals surface area contributed by atoms with E-state index in [-0.39, 0.29) is 42.9 Å². The van der Waals surface area contributed by atoms with Crippen LogP contribution in [0.2, 0.25) is 0 Å². The van der Waals surface area contributed by atoms with Gasteiger partial charge in [-0.1, -0.05) is 47.5 Å². The summed E-state index contributed by atoms with van der Waals surface area (Å²) in [6, 6.07) is 4.35. The average Bonchev–Trinajstić information content (AvgIpc) is 3.66. The molecule has 4 atom stereocenters. The van der Waals surface area contributed by atoms with Gasteiger partial charge in [0.1, 0.15) is 18.7 Å². The van der Waals surface area contributed by atoms with Crippen molar-refractivity contribution in [2.24, 2.45) is 23.7 Å². The van der Waals surface area contributed by atoms with Gasteiger partial charge in [0.25, 0.3) is 5.92 Å². The topological polar surface area (TPSA) is 165 Å². The molecule has 2 saturated heterocycles. The van der Waals surface area contributed by atoms with Crippen molar-refractivity contribution >= 4 is 30.1 Å². The first-order valence-corrected chi connectivity index (χ1v) is 16.5. The first-order valence-electron chi connectivity index (χ1n) is 16.5. The van der Waals surface area contributed by atoms with E-state index in [9.17, 15) is 33.1 Å². The Kier molecular flexibility index (Phi) is 15.8. The minimum Gasteiger partial charge on any atom is -0.504 e. The van der Waals surface area contributed by atoms with Crippen molar-refractivity contribution in [2.75, 3.05) is 31.5 Å². The van der Waals surface area contributed by atoms with Crippen LogP contribution in [0, 0.1) is 35.0 Å². The summed E-state index contributed by atoms with van der Waals surface area (Å²) in [4.78, 5) is 53.2. The molecule has 0 radical (unpaired) electrons. The number of nitriles is 1. The highest BCUT2D eigenvalue weighted by molar-refractivity contribution is 5.93. The zero-order valence-corrected chi connectivity index (χ0v) is 28.1. The molecule has 262 valence electrons. The number of alkyl carbamates (subject to hydrolysis) is 1. The summed E-state index contributed by atoms with van der Waals surface area (Å²) in [5.41, 5.74) is 0. The third-order valence-corrected chi connectivity index (χ3v) is 8.06. The van der Waals surface area contributed by atoms with Crippen LogP contribution in [-0.2, 0) is 19.1 Å². The van der Waals surface area contributed by atoms with Crippen LogP contribution in [-0.4, -0.2) is 88.5 Å². The molecule has 3 heterocycles. The van der Waals surface area contributed by atoms with Crippen molar-refractivity contribution < 1.29 is 37.8 Å². The van der Waals surface area contributed by atoms with Crippen LogP contribution in [0.4, 0.5) is 19.4 Å². The number of carbonyl (C=O) groups excluding carboxylic acids is 4. The Morgan fingerprint density at radius 3 is 2.23 bits per heavy atom. The molecule has 5 rings (SSSR count). The molecule has 4 unspecified atom stereocenters. The van der Waals surface area contributed by atoms with Gasteiger partial charge in [-0.05, 0) is 49.1 Å². The molecule has 14 heteroatoms. The lowest BCUT2D eigenvalue weighted by atomic mass is 9.82. The number of hydrogen-bond donors (Lipinski definition) is 3. The average molecular weight is 665 g/mol. The zero-order chi connectivity index (χ0) is 35.1. The van der Waals surface area contributed by atoms with Gasteiger partial charge in [0.2, 0.25) is 18.2 Å². The zero-order valence-electron chi connectivity index (χ0n) is 28.1. The first kappa shape index (κ1) is 39.2. The summed E-state index contributed by atoms with van der Waals surface area (Å²) < 4.78 is 30.1. The van der Waals surface area contributed by atoms with Gasteiger partial charge in [0, 0.05) is 38.7 Å². The summed E-state index contributed by atoms with van der Waals surface area (Å²) in [6.07, 6.45) is 4.76. The van der Waals surface area contributed by atoms with Crippen LogP contribution in [0.1, 0.15) is 79.6 Å². The summed E-state index contributed by atoms with van der Waals surface area (Å²) in [5, 5.41) is 23.2. The van der Waals surface area contributed by atoms with Gasteiger partial charge in [-0.15, -0.1) is 0 Å². The largest absolute Gasteiger partial charge is 0.504 e. The van der Waals surface area contributed by atoms with Crippen LogP contribution in [0.15, 0.2) is 18.3 Å². The minimum atomic E-state index is -2.72. The van der Waals surface area contributed by atoms with E-state index in [1.165, 1.54) is 42.8 Å². The molecule has 47 heavy (non-hydrogen) atoms. The second-order valence-electron chi connectivity index (χ2n) is 12.7. The number of nitrogens with one attached hydrogen (secondary N) is 2. The van der Waals surface area contributed by atoms with Crippen LogP contribution in [0.5, 0.6) is 5.75 Å². The lowest BCUT2D eigenvalue weighted by Crippen LogP contribution is -2.45. The van der Waals surface area contributed by atoms with Crippen molar-refractivity contribution in [3.63, 3.8) is 0 Å². The second-order valence-corrected chi connectivity index (χ2v) is 12.7. The number of likely N-dealkylation sites (tertiary alicyclic amines) is 2. The molecular weight excluding hydrogens is 614 g/mol. The molecule has 2 saturated carbocycles. The number of pyridine rings is 1. The van der Waals surface area contributed by atoms with Crippen molar-refractivity contribution in [2.45, 2.75) is 97.6 Å². The quantitative estimate of drug-likeness (QED) is 0.360. The maximum atomic E-state index is 12.6. The normalized spacial score (nSPS) is 23.9. The Labute approximate surface area is 276 Å². The van der Waals surface area contributed by atoms with E-state index in [2.05, 4.69) is 36.4 Å². The number of nitrogens with zero attached hydrogens (tertiary/aromatic N) is 4. The van der Waals surface area contributed by atoms with Crippen LogP contribution in [0.25, 0.3) is 0 Å². The highest BCUT2D eigenvalue weighted by atomic mass is 19.3. The minimum absolute atomic E-state index is 0.0746. The highest BCUT2D eigenvalue weighted by Gasteiger charge is 2.47. The number of alkyl halides is 2. The molecule has 4 aliphatic rings. The second kappa shape index (κ2) is 19.0. The maximum Gasteiger partial charge on any atom is 0.407 e. The van der Waals surface area contributed by atoms with E-state index in [0.717, 1.165) is 19.0 Å². The molecular formula is C33H50F2N6O6. The predicted molar refractivity (Wildman–Crippen MR) is 171 cm³/mol. The molecule has 0 spiro atoms. The van der Waals surface area contributed by atoms with E-state index in [4.69, 9.17) is 10.00 Å². The smallest absolute Gasteiger partial charge is 0.407 e. The van der Waals surface area contributed by atoms with Crippen molar-refractivity contribution in [3.8, 4) is 11.8 Å². The monoisotopic (exact) mass is 664 g/mol. The first-order chi connectivity index (χ1) is 22.3. The standard InChI is InChI=1S/C15H22F2N2O3.C12H12N4O3.C4H10.C2H6/c16-15(17)5-12(6-15)22-14(21)18-7-13(20)19-8-10-3-1-2-4-11(10)9-19;13-5-9-4-8(6-16(9)7-17)12(19)15-11-10(18)2-1-3-14-11;1-4(2)3;1-2/h10-12H,1-9H2,(H,18,21);1-3,7-9,18H,4,6H2,(H,14,15,19);4H,1-3H3;1-2H3. The fraction of sp³-hybridized carbons (Fsp3) is 0.697. The van der Waals surface area contributed by atoms with Crippen LogP contribution >= 0.6 is 0 Å². The summed E-state index contributed by atoms with van der Waals surface area (Å²) >= 11 is 0. The Morgan fingerprint density at radius 1 is 1.15 bits per heavy atom. The molecule has 2 aliphatic heterocycles. The van der Waals surface area contributed by atoms with Crippen molar-refractivity contribution in [1.29, 1.82) is 5.26 Å². The van der Waals surface area contributed by atoms with Gasteiger partial charge in [-0.2, -0.15) is 5.26 Å². The molecule has 1 aromatic rings. The fourth-order valence-electron chi connectivity index (χ4n) is 5.76. The number of anilines is 1. The number of ether oxygens (including phenoxy) is 1. The van der Waals surface area contributed by atoms with Gasteiger partial charge >= 0.3 is 6.09 Å². The van der Waals surface area contributed by atoms with Crippen LogP contribution < -0.4 is 10.6 Å². The lowest BCUT2D eigenvalue weighted by molar-refractivity contribution is -0.145. The highest BCUT2D eigenvalue weighted by Crippen LogP contribution is 2.39. The Bertz CT molecular complexity index is 1200. The van der Waals surface area contributed by atoms with E-state index < -0.39 is 42.9 Å². The molecule has 3 N–H and O–H groups in total. The number of hydrogen-bond acceptors (Lipinski definition) is 8. The molecule has 1 aromatic heterocycles. The SMILES string of the molecule is CC.CC(C)C.N#CC1CC(C(=O)Nc2ncccc2O)CN1C=O.O=C(NCC(=O)N1CC2CCCCC2C1)OC1CC(F)(F)C1. The molecule has 4 fully saturated rings. The van der Waals surface area contributed by atoms with Crippen molar-refractivity contribution in [3.05, 3.63) is 18.3 Å². The van der Waals surface area contributed by atoms with E-state index in [1.807, 2.05) is 19.9 Å². The number of aromatic nitrogens is 1. The number of carbonyl (C=O) groups is 4. The van der Waals surface area contributed by atoms with Gasteiger partial charge < -0.3 is 30.3 Å². The number of aromatic hydroxyl groups is 1. The van der Waals surface area contributed by atoms with Gasteiger partial charge in [0.05, 0.1) is 12.0 Å². The van der Waals surface area contributed by atoms with Gasteiger partial charge in [-0.25, -0.2) is 18.6 Å². The third-order valence-electron chi connectivity index (χ3n) is 8.06. The fourth-order valence-corrected chi connectivity index (χ4v) is 5.76. The number of halogens is 2. The lowest BCUT2D eigenvalue weighted by Gasteiger charge is -2.33. The Balaban J connectivity index is 0.000000283. The molecule has 0 bridgehead atoms. The van der Waals surface area contributed by atoms with Crippen LogP contribution in [0.3, 0.4) is 0 Å². The van der Waals surface area contributed by atoms with E-state index >= 15 is 0 Å². The molecule has 4 amide bonds. The number of rotatable bonds is 6. The molecule has 0 aromatic carbocycles. The molecule has 12 nitrogen and oxygen atoms in total. The van der Waals surface area contributed by atoms with Gasteiger partial charge in [0.15, 0.2) is 11.6 Å². The van der Waals surface area contributed by atoms with E-state index in [1.54, 1.807) is 11.0 Å². The number of fused-ring (bicyclic) bond motifs is 1. The molecule has 2 aliphatic carbocycles. The Morgan fingerprint density at radius 2 is 1.74 bits per heavy atom.